The minimum absolute atomic E-state index is 0.182. The highest BCUT2D eigenvalue weighted by molar-refractivity contribution is 6.01. The number of likely N-dealkylation sites (tertiary alicyclic amines) is 1. The van der Waals surface area contributed by atoms with Crippen LogP contribution in [-0.2, 0) is 0 Å². The fourth-order valence-electron chi connectivity index (χ4n) is 3.76. The molecule has 138 valence electrons. The SMILES string of the molecule is C=Cc1ccc(-c2nnc(N[C@@H]3CCCN(C)C3)c3ccccc23)c(O)c1. The number of phenols is 1. The van der Waals surface area contributed by atoms with Crippen LogP contribution in [-0.4, -0.2) is 46.4 Å². The average Bonchev–Trinajstić information content (AvgIpc) is 2.68. The van der Waals surface area contributed by atoms with Crippen LogP contribution in [0.4, 0.5) is 5.82 Å². The van der Waals surface area contributed by atoms with Gasteiger partial charge in [-0.3, -0.25) is 0 Å². The molecule has 1 aromatic heterocycles. The maximum absolute atomic E-state index is 10.5. The summed E-state index contributed by atoms with van der Waals surface area (Å²) in [5.74, 6) is 0.985. The summed E-state index contributed by atoms with van der Waals surface area (Å²) in [7, 11) is 2.15. The van der Waals surface area contributed by atoms with Gasteiger partial charge in [0.05, 0.1) is 0 Å². The van der Waals surface area contributed by atoms with Crippen molar-refractivity contribution in [3.05, 3.63) is 54.6 Å². The summed E-state index contributed by atoms with van der Waals surface area (Å²) >= 11 is 0. The van der Waals surface area contributed by atoms with Crippen molar-refractivity contribution in [1.82, 2.24) is 15.1 Å². The standard InChI is InChI=1S/C22H24N4O/c1-3-15-10-11-19(20(27)13-15)21-17-8-4-5-9-18(17)22(25-24-21)23-16-7-6-12-26(2)14-16/h3-5,8-11,13,16,27H,1,6-7,12,14H2,2H3,(H,23,25)/t16-/m1/s1. The fourth-order valence-corrected chi connectivity index (χ4v) is 3.76. The first-order valence-electron chi connectivity index (χ1n) is 9.32. The molecule has 0 amide bonds. The summed E-state index contributed by atoms with van der Waals surface area (Å²) in [5.41, 5.74) is 2.23. The highest BCUT2D eigenvalue weighted by atomic mass is 16.3. The van der Waals surface area contributed by atoms with Gasteiger partial charge in [-0.25, -0.2) is 0 Å². The first kappa shape index (κ1) is 17.5. The van der Waals surface area contributed by atoms with E-state index in [4.69, 9.17) is 0 Å². The Kier molecular flexibility index (Phi) is 4.77. The molecule has 3 aromatic rings. The van der Waals surface area contributed by atoms with Gasteiger partial charge in [0.15, 0.2) is 5.82 Å². The zero-order valence-electron chi connectivity index (χ0n) is 15.5. The molecule has 0 saturated carbocycles. The van der Waals surface area contributed by atoms with Gasteiger partial charge in [0.2, 0.25) is 0 Å². The molecular formula is C22H24N4O. The van der Waals surface area contributed by atoms with Crippen molar-refractivity contribution in [3.63, 3.8) is 0 Å². The normalized spacial score (nSPS) is 17.7. The zero-order chi connectivity index (χ0) is 18.8. The maximum atomic E-state index is 10.5. The number of nitrogens with one attached hydrogen (secondary N) is 1. The van der Waals surface area contributed by atoms with E-state index in [0.29, 0.717) is 17.3 Å². The lowest BCUT2D eigenvalue weighted by molar-refractivity contribution is 0.261. The molecule has 0 radical (unpaired) electrons. The molecule has 27 heavy (non-hydrogen) atoms. The van der Waals surface area contributed by atoms with Crippen LogP contribution >= 0.6 is 0 Å². The average molecular weight is 360 g/mol. The molecule has 5 heteroatoms. The Morgan fingerprint density at radius 2 is 2.00 bits per heavy atom. The summed E-state index contributed by atoms with van der Waals surface area (Å²) in [6, 6.07) is 13.9. The van der Waals surface area contributed by atoms with E-state index in [1.165, 1.54) is 6.42 Å². The largest absolute Gasteiger partial charge is 0.507 e. The highest BCUT2D eigenvalue weighted by Gasteiger charge is 2.20. The van der Waals surface area contributed by atoms with Crippen molar-refractivity contribution < 1.29 is 5.11 Å². The van der Waals surface area contributed by atoms with Crippen LogP contribution in [0.5, 0.6) is 5.75 Å². The minimum Gasteiger partial charge on any atom is -0.507 e. The molecule has 0 bridgehead atoms. The molecule has 2 N–H and O–H groups in total. The van der Waals surface area contributed by atoms with Gasteiger partial charge in [-0.05, 0) is 44.1 Å². The quantitative estimate of drug-likeness (QED) is 0.732. The second kappa shape index (κ2) is 7.37. The number of likely N-dealkylation sites (N-methyl/N-ethyl adjacent to an activating group) is 1. The Labute approximate surface area is 159 Å². The van der Waals surface area contributed by atoms with Crippen LogP contribution in [0, 0.1) is 0 Å². The molecular weight excluding hydrogens is 336 g/mol. The number of piperidine rings is 1. The van der Waals surface area contributed by atoms with Gasteiger partial charge in [0, 0.05) is 28.9 Å². The van der Waals surface area contributed by atoms with E-state index in [9.17, 15) is 5.11 Å². The smallest absolute Gasteiger partial charge is 0.156 e. The summed E-state index contributed by atoms with van der Waals surface area (Å²) < 4.78 is 0. The van der Waals surface area contributed by atoms with Crippen LogP contribution in [0.15, 0.2) is 49.0 Å². The Balaban J connectivity index is 1.75. The monoisotopic (exact) mass is 360 g/mol. The third-order valence-corrected chi connectivity index (χ3v) is 5.17. The Bertz CT molecular complexity index is 985. The highest BCUT2D eigenvalue weighted by Crippen LogP contribution is 2.35. The van der Waals surface area contributed by atoms with E-state index in [1.807, 2.05) is 30.3 Å². The molecule has 2 heterocycles. The van der Waals surface area contributed by atoms with E-state index in [-0.39, 0.29) is 5.75 Å². The molecule has 0 spiro atoms. The van der Waals surface area contributed by atoms with E-state index in [0.717, 1.165) is 41.7 Å². The molecule has 4 rings (SSSR count). The molecule has 0 aliphatic carbocycles. The molecule has 1 aliphatic heterocycles. The Hall–Kier alpha value is -2.92. The molecule has 1 saturated heterocycles. The Morgan fingerprint density at radius 3 is 2.74 bits per heavy atom. The van der Waals surface area contributed by atoms with Crippen LogP contribution < -0.4 is 5.32 Å². The number of benzene rings is 2. The van der Waals surface area contributed by atoms with Crippen molar-refractivity contribution in [2.24, 2.45) is 0 Å². The van der Waals surface area contributed by atoms with Gasteiger partial charge >= 0.3 is 0 Å². The summed E-state index contributed by atoms with van der Waals surface area (Å²) in [6.07, 6.45) is 4.02. The predicted octanol–water partition coefficient (Wildman–Crippen LogP) is 4.15. The van der Waals surface area contributed by atoms with Crippen LogP contribution in [0.3, 0.4) is 0 Å². The number of nitrogens with zero attached hydrogens (tertiary/aromatic N) is 3. The second-order valence-electron chi connectivity index (χ2n) is 7.17. The van der Waals surface area contributed by atoms with Crippen molar-refractivity contribution in [3.8, 4) is 17.0 Å². The number of anilines is 1. The first-order chi connectivity index (χ1) is 13.2. The van der Waals surface area contributed by atoms with Crippen molar-refractivity contribution in [2.45, 2.75) is 18.9 Å². The second-order valence-corrected chi connectivity index (χ2v) is 7.17. The number of rotatable bonds is 4. The van der Waals surface area contributed by atoms with Gasteiger partial charge in [-0.15, -0.1) is 10.2 Å². The summed E-state index contributed by atoms with van der Waals surface area (Å²) in [5, 5.41) is 25.0. The number of phenolic OH excluding ortho intramolecular Hbond substituents is 1. The van der Waals surface area contributed by atoms with E-state index >= 15 is 0 Å². The molecule has 1 atom stereocenters. The first-order valence-corrected chi connectivity index (χ1v) is 9.32. The minimum atomic E-state index is 0.182. The van der Waals surface area contributed by atoms with Gasteiger partial charge in [-0.1, -0.05) is 43.0 Å². The van der Waals surface area contributed by atoms with E-state index in [2.05, 4.69) is 40.1 Å². The van der Waals surface area contributed by atoms with Crippen molar-refractivity contribution in [2.75, 3.05) is 25.5 Å². The van der Waals surface area contributed by atoms with Gasteiger partial charge in [0.25, 0.3) is 0 Å². The molecule has 1 aliphatic rings. The molecule has 1 fully saturated rings. The third kappa shape index (κ3) is 3.51. The molecule has 0 unspecified atom stereocenters. The predicted molar refractivity (Wildman–Crippen MR) is 111 cm³/mol. The Morgan fingerprint density at radius 1 is 1.19 bits per heavy atom. The number of fused-ring (bicyclic) bond motifs is 1. The molecule has 2 aromatic carbocycles. The lowest BCUT2D eigenvalue weighted by Gasteiger charge is -2.30. The van der Waals surface area contributed by atoms with E-state index < -0.39 is 0 Å². The van der Waals surface area contributed by atoms with Crippen LogP contribution in [0.1, 0.15) is 18.4 Å². The van der Waals surface area contributed by atoms with Crippen molar-refractivity contribution in [1.29, 1.82) is 0 Å². The lowest BCUT2D eigenvalue weighted by atomic mass is 10.0. The molecule has 5 nitrogen and oxygen atoms in total. The summed E-state index contributed by atoms with van der Waals surface area (Å²) in [6.45, 7) is 5.89. The topological polar surface area (TPSA) is 61.3 Å². The van der Waals surface area contributed by atoms with Gasteiger partial charge in [0.1, 0.15) is 11.4 Å². The third-order valence-electron chi connectivity index (χ3n) is 5.17. The summed E-state index contributed by atoms with van der Waals surface area (Å²) in [4.78, 5) is 2.34. The maximum Gasteiger partial charge on any atom is 0.156 e. The number of aromatic hydroxyl groups is 1. The van der Waals surface area contributed by atoms with Crippen LogP contribution in [0.25, 0.3) is 28.1 Å². The lowest BCUT2D eigenvalue weighted by Crippen LogP contribution is -2.40. The van der Waals surface area contributed by atoms with Crippen LogP contribution in [0.2, 0.25) is 0 Å². The fraction of sp³-hybridized carbons (Fsp3) is 0.273. The number of hydrogen-bond acceptors (Lipinski definition) is 5. The van der Waals surface area contributed by atoms with Gasteiger partial charge in [-0.2, -0.15) is 0 Å². The van der Waals surface area contributed by atoms with E-state index in [1.54, 1.807) is 12.1 Å². The van der Waals surface area contributed by atoms with Gasteiger partial charge < -0.3 is 15.3 Å². The zero-order valence-corrected chi connectivity index (χ0v) is 15.5. The van der Waals surface area contributed by atoms with Crippen molar-refractivity contribution >= 4 is 22.7 Å². The number of aromatic nitrogens is 2. The number of hydrogen-bond donors (Lipinski definition) is 2.